The van der Waals surface area contributed by atoms with Gasteiger partial charge < -0.3 is 10.6 Å². The van der Waals surface area contributed by atoms with Gasteiger partial charge in [-0.2, -0.15) is 13.2 Å². The number of aromatic nitrogens is 1. The van der Waals surface area contributed by atoms with Crippen LogP contribution in [0.5, 0.6) is 0 Å². The van der Waals surface area contributed by atoms with Gasteiger partial charge in [0.25, 0.3) is 5.91 Å². The highest BCUT2D eigenvalue weighted by Gasteiger charge is 2.32. The number of fused-ring (bicyclic) bond motifs is 1. The van der Waals surface area contributed by atoms with E-state index in [9.17, 15) is 18.0 Å². The maximum atomic E-state index is 13.4. The molecule has 0 spiro atoms. The van der Waals surface area contributed by atoms with E-state index < -0.39 is 17.6 Å². The van der Waals surface area contributed by atoms with Crippen molar-refractivity contribution in [3.05, 3.63) is 65.4 Å². The number of halogens is 3. The largest absolute Gasteiger partial charge is 0.416 e. The first-order chi connectivity index (χ1) is 14.3. The average molecular weight is 413 g/mol. The predicted molar refractivity (Wildman–Crippen MR) is 110 cm³/mol. The minimum atomic E-state index is -4.48. The number of primary amides is 1. The van der Waals surface area contributed by atoms with E-state index in [0.717, 1.165) is 38.1 Å². The Bertz CT molecular complexity index is 1100. The summed E-state index contributed by atoms with van der Waals surface area (Å²) in [7, 11) is 2.03. The molecule has 1 saturated heterocycles. The number of likely N-dealkylation sites (tertiary alicyclic amines) is 1. The Labute approximate surface area is 172 Å². The Morgan fingerprint density at radius 2 is 1.80 bits per heavy atom. The van der Waals surface area contributed by atoms with Crippen LogP contribution in [0, 0.1) is 0 Å². The predicted octanol–water partition coefficient (Wildman–Crippen LogP) is 4.83. The van der Waals surface area contributed by atoms with Crippen LogP contribution in [0.3, 0.4) is 0 Å². The van der Waals surface area contributed by atoms with Crippen molar-refractivity contribution in [3.63, 3.8) is 0 Å². The van der Waals surface area contributed by atoms with Crippen LogP contribution in [0.4, 0.5) is 13.2 Å². The molecule has 2 N–H and O–H groups in total. The molecule has 0 unspecified atom stereocenters. The molecule has 1 amide bonds. The third-order valence-electron chi connectivity index (χ3n) is 5.75. The molecule has 0 saturated carbocycles. The lowest BCUT2D eigenvalue weighted by molar-refractivity contribution is -0.137. The van der Waals surface area contributed by atoms with Gasteiger partial charge in [0.1, 0.15) is 0 Å². The van der Waals surface area contributed by atoms with E-state index in [4.69, 9.17) is 10.7 Å². The van der Waals surface area contributed by atoms with Gasteiger partial charge in [-0.15, -0.1) is 0 Å². The van der Waals surface area contributed by atoms with Crippen LogP contribution in [0.1, 0.15) is 40.4 Å². The fourth-order valence-corrected chi connectivity index (χ4v) is 4.21. The van der Waals surface area contributed by atoms with Crippen molar-refractivity contribution >= 4 is 16.8 Å². The Kier molecular flexibility index (Phi) is 5.24. The molecule has 1 aliphatic heterocycles. The van der Waals surface area contributed by atoms with Crippen molar-refractivity contribution in [2.24, 2.45) is 5.73 Å². The van der Waals surface area contributed by atoms with Crippen LogP contribution in [0.15, 0.2) is 48.5 Å². The minimum absolute atomic E-state index is 0.0258. The maximum absolute atomic E-state index is 13.4. The number of hydrogen-bond acceptors (Lipinski definition) is 3. The number of alkyl halides is 3. The van der Waals surface area contributed by atoms with Crippen LogP contribution in [0.2, 0.25) is 0 Å². The van der Waals surface area contributed by atoms with E-state index in [0.29, 0.717) is 27.7 Å². The molecule has 3 aromatic rings. The summed E-state index contributed by atoms with van der Waals surface area (Å²) in [6, 6.07) is 12.2. The summed E-state index contributed by atoms with van der Waals surface area (Å²) in [6.45, 7) is 1.71. The van der Waals surface area contributed by atoms with E-state index in [2.05, 4.69) is 4.90 Å². The zero-order chi connectivity index (χ0) is 21.5. The molecular formula is C23H22F3N3O. The van der Waals surface area contributed by atoms with E-state index in [-0.39, 0.29) is 11.5 Å². The average Bonchev–Trinajstić information content (AvgIpc) is 2.72. The highest BCUT2D eigenvalue weighted by Crippen LogP contribution is 2.40. The molecule has 2 heterocycles. The zero-order valence-electron chi connectivity index (χ0n) is 16.5. The van der Waals surface area contributed by atoms with Crippen LogP contribution in [-0.2, 0) is 6.18 Å². The fraction of sp³-hybridized carbons (Fsp3) is 0.304. The van der Waals surface area contributed by atoms with Crippen molar-refractivity contribution in [2.75, 3.05) is 20.1 Å². The Morgan fingerprint density at radius 1 is 1.10 bits per heavy atom. The quantitative estimate of drug-likeness (QED) is 0.669. The van der Waals surface area contributed by atoms with Crippen molar-refractivity contribution in [1.29, 1.82) is 0 Å². The van der Waals surface area contributed by atoms with Gasteiger partial charge in [-0.3, -0.25) is 9.78 Å². The molecule has 0 radical (unpaired) electrons. The van der Waals surface area contributed by atoms with Crippen molar-refractivity contribution < 1.29 is 18.0 Å². The second kappa shape index (κ2) is 7.72. The first-order valence-electron chi connectivity index (χ1n) is 9.84. The highest BCUT2D eigenvalue weighted by molar-refractivity contribution is 6.09. The molecule has 1 aliphatic rings. The number of nitrogens with zero attached hydrogens (tertiary/aromatic N) is 2. The summed E-state index contributed by atoms with van der Waals surface area (Å²) in [6.07, 6.45) is -2.86. The van der Waals surface area contributed by atoms with E-state index in [1.807, 2.05) is 19.2 Å². The molecule has 1 fully saturated rings. The monoisotopic (exact) mass is 413 g/mol. The third-order valence-corrected chi connectivity index (χ3v) is 5.75. The molecule has 30 heavy (non-hydrogen) atoms. The number of carbonyl (C=O) groups is 1. The van der Waals surface area contributed by atoms with Crippen LogP contribution in [-0.4, -0.2) is 35.9 Å². The molecule has 0 bridgehead atoms. The Balaban J connectivity index is 2.00. The number of amides is 1. The summed E-state index contributed by atoms with van der Waals surface area (Å²) >= 11 is 0. The maximum Gasteiger partial charge on any atom is 0.416 e. The number of benzene rings is 2. The van der Waals surface area contributed by atoms with Gasteiger partial charge in [-0.1, -0.05) is 30.3 Å². The van der Waals surface area contributed by atoms with Gasteiger partial charge in [-0.25, -0.2) is 0 Å². The van der Waals surface area contributed by atoms with Gasteiger partial charge in [0.2, 0.25) is 0 Å². The van der Waals surface area contributed by atoms with Crippen LogP contribution < -0.4 is 5.73 Å². The van der Waals surface area contributed by atoms with E-state index >= 15 is 0 Å². The summed E-state index contributed by atoms with van der Waals surface area (Å²) < 4.78 is 40.1. The number of para-hydroxylation sites is 1. The zero-order valence-corrected chi connectivity index (χ0v) is 16.5. The van der Waals surface area contributed by atoms with E-state index in [1.165, 1.54) is 6.07 Å². The molecule has 1 aromatic heterocycles. The SMILES string of the molecule is CN1CCC(c2nc3ccccc3c(-c3cccc(C(F)(F)F)c3)c2C(N)=O)CC1. The number of rotatable bonds is 3. The number of carbonyl (C=O) groups excluding carboxylic acids is 1. The molecule has 0 atom stereocenters. The first-order valence-corrected chi connectivity index (χ1v) is 9.84. The molecule has 4 rings (SSSR count). The molecule has 156 valence electrons. The van der Waals surface area contributed by atoms with Crippen molar-refractivity contribution in [3.8, 4) is 11.1 Å². The molecule has 2 aromatic carbocycles. The highest BCUT2D eigenvalue weighted by atomic mass is 19.4. The lowest BCUT2D eigenvalue weighted by Gasteiger charge is -2.30. The second-order valence-electron chi connectivity index (χ2n) is 7.78. The van der Waals surface area contributed by atoms with Gasteiger partial charge in [0.05, 0.1) is 22.3 Å². The van der Waals surface area contributed by atoms with Crippen molar-refractivity contribution in [2.45, 2.75) is 24.9 Å². The topological polar surface area (TPSA) is 59.2 Å². The van der Waals surface area contributed by atoms with Crippen LogP contribution >= 0.6 is 0 Å². The summed E-state index contributed by atoms with van der Waals surface area (Å²) in [4.78, 5) is 19.6. The van der Waals surface area contributed by atoms with Gasteiger partial charge in [0.15, 0.2) is 0 Å². The van der Waals surface area contributed by atoms with Gasteiger partial charge in [-0.05, 0) is 56.7 Å². The fourth-order valence-electron chi connectivity index (χ4n) is 4.21. The van der Waals surface area contributed by atoms with Gasteiger partial charge >= 0.3 is 6.18 Å². The third kappa shape index (κ3) is 3.77. The standard InChI is InChI=1S/C23H22F3N3O/c1-29-11-9-14(10-12-29)21-20(22(27)30)19(17-7-2-3-8-18(17)28-21)15-5-4-6-16(13-15)23(24,25)26/h2-8,13-14H,9-12H2,1H3,(H2,27,30). The summed E-state index contributed by atoms with van der Waals surface area (Å²) in [5.74, 6) is -0.646. The number of hydrogen-bond donors (Lipinski definition) is 1. The second-order valence-corrected chi connectivity index (χ2v) is 7.78. The van der Waals surface area contributed by atoms with Crippen LogP contribution in [0.25, 0.3) is 22.0 Å². The molecule has 4 nitrogen and oxygen atoms in total. The molecule has 0 aliphatic carbocycles. The van der Waals surface area contributed by atoms with E-state index in [1.54, 1.807) is 18.2 Å². The lowest BCUT2D eigenvalue weighted by Crippen LogP contribution is -2.31. The first kappa shape index (κ1) is 20.3. The Hall–Kier alpha value is -2.93. The molecule has 7 heteroatoms. The number of pyridine rings is 1. The van der Waals surface area contributed by atoms with Crippen molar-refractivity contribution in [1.82, 2.24) is 9.88 Å². The number of nitrogens with two attached hydrogens (primary N) is 1. The normalized spacial score (nSPS) is 16.1. The summed E-state index contributed by atoms with van der Waals surface area (Å²) in [5, 5.41) is 0.613. The summed E-state index contributed by atoms with van der Waals surface area (Å²) in [5.41, 5.74) is 7.21. The lowest BCUT2D eigenvalue weighted by atomic mass is 9.85. The minimum Gasteiger partial charge on any atom is -0.366 e. The Morgan fingerprint density at radius 3 is 2.47 bits per heavy atom. The number of piperidine rings is 1. The molecular weight excluding hydrogens is 391 g/mol. The smallest absolute Gasteiger partial charge is 0.366 e. The van der Waals surface area contributed by atoms with Gasteiger partial charge in [0, 0.05) is 16.9 Å².